The minimum atomic E-state index is -0.494. The highest BCUT2D eigenvalue weighted by Gasteiger charge is 2.26. The fourth-order valence-electron chi connectivity index (χ4n) is 2.03. The van der Waals surface area contributed by atoms with Gasteiger partial charge < -0.3 is 5.32 Å². The number of nitrogens with one attached hydrogen (secondary N) is 1. The van der Waals surface area contributed by atoms with E-state index in [0.29, 0.717) is 4.90 Å². The summed E-state index contributed by atoms with van der Waals surface area (Å²) in [5.41, 5.74) is 0.0803. The zero-order valence-electron chi connectivity index (χ0n) is 10.4. The zero-order chi connectivity index (χ0) is 13.1. The van der Waals surface area contributed by atoms with Crippen molar-refractivity contribution in [1.29, 1.82) is 0 Å². The molecule has 1 aromatic rings. The van der Waals surface area contributed by atoms with Crippen LogP contribution in [-0.4, -0.2) is 11.9 Å². The normalized spacial score (nSPS) is 16.4. The number of amides is 1. The number of halogens is 1. The van der Waals surface area contributed by atoms with E-state index in [1.165, 1.54) is 31.0 Å². The van der Waals surface area contributed by atoms with Crippen LogP contribution in [0.2, 0.25) is 0 Å². The molecule has 2 nitrogen and oxygen atoms in total. The Morgan fingerprint density at radius 3 is 2.89 bits per heavy atom. The van der Waals surface area contributed by atoms with E-state index in [9.17, 15) is 9.18 Å². The van der Waals surface area contributed by atoms with E-state index < -0.39 is 5.82 Å². The van der Waals surface area contributed by atoms with Crippen molar-refractivity contribution in [3.63, 3.8) is 0 Å². The molecule has 1 saturated carbocycles. The molecule has 0 radical (unpaired) electrons. The van der Waals surface area contributed by atoms with Gasteiger partial charge in [-0.05, 0) is 37.0 Å². The van der Waals surface area contributed by atoms with Gasteiger partial charge in [0, 0.05) is 10.9 Å². The number of hydrogen-bond acceptors (Lipinski definition) is 2. The van der Waals surface area contributed by atoms with Crippen molar-refractivity contribution in [2.24, 2.45) is 5.92 Å². The van der Waals surface area contributed by atoms with Gasteiger partial charge in [-0.25, -0.2) is 4.39 Å². The monoisotopic (exact) mass is 267 g/mol. The molecule has 0 saturated heterocycles. The number of carbonyl (C=O) groups excluding carboxylic acids is 1. The SMILES string of the molecule is CCC(CC1CC1)NC(=O)c1cc(S)ccc1F. The fraction of sp³-hybridized carbons (Fsp3) is 0.500. The van der Waals surface area contributed by atoms with E-state index in [0.717, 1.165) is 18.8 Å². The van der Waals surface area contributed by atoms with Crippen LogP contribution >= 0.6 is 12.6 Å². The molecule has 4 heteroatoms. The fourth-order valence-corrected chi connectivity index (χ4v) is 2.24. The Bertz CT molecular complexity index is 445. The van der Waals surface area contributed by atoms with Crippen molar-refractivity contribution in [1.82, 2.24) is 5.32 Å². The van der Waals surface area contributed by atoms with Crippen molar-refractivity contribution in [2.45, 2.75) is 43.5 Å². The first-order chi connectivity index (χ1) is 8.60. The standard InChI is InChI=1S/C14H18FNOS/c1-2-10(7-9-3-4-9)16-14(17)12-8-11(18)5-6-13(12)15/h5-6,8-10,18H,2-4,7H2,1H3,(H,16,17). The lowest BCUT2D eigenvalue weighted by Gasteiger charge is -2.17. The first-order valence-electron chi connectivity index (χ1n) is 6.39. The van der Waals surface area contributed by atoms with Crippen LogP contribution in [0.15, 0.2) is 23.1 Å². The number of hydrogen-bond donors (Lipinski definition) is 2. The summed E-state index contributed by atoms with van der Waals surface area (Å²) in [6, 6.07) is 4.43. The highest BCUT2D eigenvalue weighted by Crippen LogP contribution is 2.34. The smallest absolute Gasteiger partial charge is 0.254 e. The maximum absolute atomic E-state index is 13.6. The van der Waals surface area contributed by atoms with Gasteiger partial charge in [-0.2, -0.15) is 0 Å². The lowest BCUT2D eigenvalue weighted by Crippen LogP contribution is -2.35. The Morgan fingerprint density at radius 2 is 2.28 bits per heavy atom. The molecule has 98 valence electrons. The minimum Gasteiger partial charge on any atom is -0.349 e. The van der Waals surface area contributed by atoms with E-state index in [2.05, 4.69) is 17.9 Å². The average molecular weight is 267 g/mol. The minimum absolute atomic E-state index is 0.0803. The topological polar surface area (TPSA) is 29.1 Å². The number of carbonyl (C=O) groups is 1. The van der Waals surface area contributed by atoms with E-state index in [4.69, 9.17) is 0 Å². The molecule has 1 atom stereocenters. The molecule has 0 spiro atoms. The largest absolute Gasteiger partial charge is 0.349 e. The van der Waals surface area contributed by atoms with Gasteiger partial charge in [0.05, 0.1) is 5.56 Å². The van der Waals surface area contributed by atoms with E-state index in [1.807, 2.05) is 6.92 Å². The quantitative estimate of drug-likeness (QED) is 0.786. The lowest BCUT2D eigenvalue weighted by molar-refractivity contribution is 0.0928. The predicted molar refractivity (Wildman–Crippen MR) is 72.5 cm³/mol. The highest BCUT2D eigenvalue weighted by atomic mass is 32.1. The van der Waals surface area contributed by atoms with Gasteiger partial charge >= 0.3 is 0 Å². The molecule has 18 heavy (non-hydrogen) atoms. The lowest BCUT2D eigenvalue weighted by atomic mass is 10.1. The van der Waals surface area contributed by atoms with E-state index in [-0.39, 0.29) is 17.5 Å². The van der Waals surface area contributed by atoms with Gasteiger partial charge in [0.25, 0.3) is 5.91 Å². The summed E-state index contributed by atoms with van der Waals surface area (Å²) in [6.07, 6.45) is 4.40. The molecule has 0 heterocycles. The van der Waals surface area contributed by atoms with Crippen molar-refractivity contribution in [2.75, 3.05) is 0 Å². The predicted octanol–water partition coefficient (Wildman–Crippen LogP) is 3.42. The van der Waals surface area contributed by atoms with Crippen LogP contribution in [0.1, 0.15) is 43.0 Å². The zero-order valence-corrected chi connectivity index (χ0v) is 11.3. The third kappa shape index (κ3) is 3.48. The molecule has 2 rings (SSSR count). The highest BCUT2D eigenvalue weighted by molar-refractivity contribution is 7.80. The van der Waals surface area contributed by atoms with E-state index >= 15 is 0 Å². The van der Waals surface area contributed by atoms with Crippen molar-refractivity contribution in [3.8, 4) is 0 Å². The molecule has 0 bridgehead atoms. The second-order valence-corrected chi connectivity index (χ2v) is 5.44. The van der Waals surface area contributed by atoms with Crippen LogP contribution in [0.3, 0.4) is 0 Å². The molecule has 1 aromatic carbocycles. The Balaban J connectivity index is 2.02. The van der Waals surface area contributed by atoms with Gasteiger partial charge in [0.15, 0.2) is 0 Å². The van der Waals surface area contributed by atoms with Crippen molar-refractivity contribution < 1.29 is 9.18 Å². The van der Waals surface area contributed by atoms with Gasteiger partial charge in [0.2, 0.25) is 0 Å². The molecule has 1 amide bonds. The van der Waals surface area contributed by atoms with Crippen LogP contribution < -0.4 is 5.32 Å². The molecule has 0 aliphatic heterocycles. The summed E-state index contributed by atoms with van der Waals surface area (Å²) < 4.78 is 13.6. The van der Waals surface area contributed by atoms with Crippen LogP contribution in [0.4, 0.5) is 4.39 Å². The number of benzene rings is 1. The van der Waals surface area contributed by atoms with Crippen molar-refractivity contribution in [3.05, 3.63) is 29.6 Å². The summed E-state index contributed by atoms with van der Waals surface area (Å²) in [4.78, 5) is 12.6. The third-order valence-electron chi connectivity index (χ3n) is 3.34. The Kier molecular flexibility index (Phi) is 4.27. The molecular weight excluding hydrogens is 249 g/mol. The summed E-state index contributed by atoms with van der Waals surface area (Å²) in [5.74, 6) is -0.0845. The molecule has 1 aliphatic carbocycles. The third-order valence-corrected chi connectivity index (χ3v) is 3.62. The summed E-state index contributed by atoms with van der Waals surface area (Å²) in [5, 5.41) is 2.91. The van der Waals surface area contributed by atoms with Crippen LogP contribution in [0.25, 0.3) is 0 Å². The van der Waals surface area contributed by atoms with Crippen LogP contribution in [-0.2, 0) is 0 Å². The summed E-state index contributed by atoms with van der Waals surface area (Å²) >= 11 is 4.13. The van der Waals surface area contributed by atoms with E-state index in [1.54, 1.807) is 0 Å². The molecule has 1 aliphatic rings. The molecule has 1 unspecified atom stereocenters. The Hall–Kier alpha value is -1.03. The molecule has 1 fully saturated rings. The average Bonchev–Trinajstić information content (AvgIpc) is 3.15. The maximum Gasteiger partial charge on any atom is 0.254 e. The molecule has 1 N–H and O–H groups in total. The van der Waals surface area contributed by atoms with Gasteiger partial charge in [-0.1, -0.05) is 19.8 Å². The number of rotatable bonds is 5. The summed E-state index contributed by atoms with van der Waals surface area (Å²) in [6.45, 7) is 2.04. The summed E-state index contributed by atoms with van der Waals surface area (Å²) in [7, 11) is 0. The molecular formula is C14H18FNOS. The molecule has 0 aromatic heterocycles. The first kappa shape index (κ1) is 13.4. The second kappa shape index (κ2) is 5.74. The Morgan fingerprint density at radius 1 is 1.56 bits per heavy atom. The Labute approximate surface area is 112 Å². The van der Waals surface area contributed by atoms with Crippen LogP contribution in [0.5, 0.6) is 0 Å². The number of thiol groups is 1. The second-order valence-electron chi connectivity index (χ2n) is 4.92. The van der Waals surface area contributed by atoms with Gasteiger partial charge in [0.1, 0.15) is 5.82 Å². The first-order valence-corrected chi connectivity index (χ1v) is 6.84. The van der Waals surface area contributed by atoms with Gasteiger partial charge in [-0.3, -0.25) is 4.79 Å². The van der Waals surface area contributed by atoms with Crippen LogP contribution in [0, 0.1) is 11.7 Å². The van der Waals surface area contributed by atoms with Crippen molar-refractivity contribution >= 4 is 18.5 Å². The van der Waals surface area contributed by atoms with Gasteiger partial charge in [-0.15, -0.1) is 12.6 Å². The maximum atomic E-state index is 13.6.